The molecule has 1 amide bonds. The summed E-state index contributed by atoms with van der Waals surface area (Å²) in [7, 11) is 0. The fraction of sp³-hybridized carbons (Fsp3) is 0.435. The van der Waals surface area contributed by atoms with Gasteiger partial charge in [-0.05, 0) is 61.9 Å². The zero-order chi connectivity index (χ0) is 20.8. The van der Waals surface area contributed by atoms with E-state index in [2.05, 4.69) is 52.5 Å². The van der Waals surface area contributed by atoms with Crippen molar-refractivity contribution in [1.29, 1.82) is 0 Å². The first-order valence-electron chi connectivity index (χ1n) is 10.3. The minimum absolute atomic E-state index is 0.0286. The fourth-order valence-corrected chi connectivity index (χ4v) is 3.70. The average Bonchev–Trinajstić information content (AvgIpc) is 2.74. The van der Waals surface area contributed by atoms with Crippen LogP contribution in [0.15, 0.2) is 42.5 Å². The van der Waals surface area contributed by atoms with Gasteiger partial charge < -0.3 is 20.4 Å². The molecule has 2 aromatic carbocycles. The molecule has 1 heterocycles. The average molecular weight is 415 g/mol. The van der Waals surface area contributed by atoms with Crippen molar-refractivity contribution in [2.75, 3.05) is 42.9 Å². The van der Waals surface area contributed by atoms with Gasteiger partial charge in [0.15, 0.2) is 0 Å². The van der Waals surface area contributed by atoms with Crippen LogP contribution in [0.1, 0.15) is 25.0 Å². The molecule has 5 nitrogen and oxygen atoms in total. The highest BCUT2D eigenvalue weighted by Gasteiger charge is 2.17. The molecule has 1 aliphatic rings. The topological polar surface area (TPSA) is 47.6 Å². The van der Waals surface area contributed by atoms with E-state index in [1.807, 2.05) is 31.2 Å². The summed E-state index contributed by atoms with van der Waals surface area (Å²) in [6.45, 7) is 12.1. The van der Waals surface area contributed by atoms with Gasteiger partial charge in [0.25, 0.3) is 0 Å². The number of halogens is 1. The third kappa shape index (κ3) is 5.87. The van der Waals surface area contributed by atoms with Crippen molar-refractivity contribution >= 4 is 28.9 Å². The first kappa shape index (κ1) is 21.5. The summed E-state index contributed by atoms with van der Waals surface area (Å²) in [6, 6.07) is 13.6. The monoisotopic (exact) mass is 414 g/mol. The molecular weight excluding hydrogens is 384 g/mol. The summed E-state index contributed by atoms with van der Waals surface area (Å²) in [5, 5.41) is 7.01. The van der Waals surface area contributed by atoms with E-state index in [0.29, 0.717) is 11.6 Å². The van der Waals surface area contributed by atoms with Crippen molar-refractivity contribution in [3.8, 4) is 0 Å². The van der Waals surface area contributed by atoms with E-state index >= 15 is 0 Å². The number of benzene rings is 2. The van der Waals surface area contributed by atoms with Gasteiger partial charge in [0.2, 0.25) is 5.91 Å². The van der Waals surface area contributed by atoms with Gasteiger partial charge >= 0.3 is 0 Å². The van der Waals surface area contributed by atoms with Crippen LogP contribution in [-0.2, 0) is 11.3 Å². The zero-order valence-corrected chi connectivity index (χ0v) is 18.3. The summed E-state index contributed by atoms with van der Waals surface area (Å²) in [4.78, 5) is 17.4. The summed E-state index contributed by atoms with van der Waals surface area (Å²) in [5.41, 5.74) is 4.43. The van der Waals surface area contributed by atoms with Crippen LogP contribution >= 0.6 is 11.6 Å². The van der Waals surface area contributed by atoms with Crippen LogP contribution in [0.4, 0.5) is 11.4 Å². The van der Waals surface area contributed by atoms with E-state index in [1.165, 1.54) is 5.69 Å². The first-order chi connectivity index (χ1) is 14.0. The van der Waals surface area contributed by atoms with Crippen molar-refractivity contribution in [2.45, 2.75) is 33.4 Å². The predicted octanol–water partition coefficient (Wildman–Crippen LogP) is 3.91. The number of hydrogen-bond acceptors (Lipinski definition) is 4. The number of amides is 1. The second-order valence-corrected chi connectivity index (χ2v) is 8.07. The Morgan fingerprint density at radius 1 is 1.10 bits per heavy atom. The minimum atomic E-state index is -0.319. The summed E-state index contributed by atoms with van der Waals surface area (Å²) in [6.07, 6.45) is 0. The smallest absolute Gasteiger partial charge is 0.242 e. The summed E-state index contributed by atoms with van der Waals surface area (Å²) >= 11 is 5.90. The molecule has 2 N–H and O–H groups in total. The van der Waals surface area contributed by atoms with E-state index in [1.54, 1.807) is 0 Å². The van der Waals surface area contributed by atoms with E-state index < -0.39 is 0 Å². The lowest BCUT2D eigenvalue weighted by atomic mass is 10.1. The van der Waals surface area contributed by atoms with Crippen LogP contribution in [0.25, 0.3) is 0 Å². The molecule has 3 rings (SSSR count). The summed E-state index contributed by atoms with van der Waals surface area (Å²) < 4.78 is 0. The Hall–Kier alpha value is -2.24. The van der Waals surface area contributed by atoms with Crippen molar-refractivity contribution in [3.63, 3.8) is 0 Å². The standard InChI is InChI=1S/C23H31ClN4O/c1-4-27-11-13-28(14-12-27)21-9-10-22(17(2)15-21)26-18(3)23(29)25-16-19-5-7-20(24)8-6-19/h5-10,15,18,26H,4,11-14,16H2,1-3H3,(H,25,29)/t18-/m0/s1. The fourth-order valence-electron chi connectivity index (χ4n) is 3.57. The molecule has 156 valence electrons. The second-order valence-electron chi connectivity index (χ2n) is 7.63. The summed E-state index contributed by atoms with van der Waals surface area (Å²) in [5.74, 6) is -0.0286. The Kier molecular flexibility index (Phi) is 7.40. The molecule has 0 aliphatic carbocycles. The van der Waals surface area contributed by atoms with Gasteiger partial charge in [-0.1, -0.05) is 30.7 Å². The molecule has 0 saturated carbocycles. The van der Waals surface area contributed by atoms with Crippen molar-refractivity contribution in [3.05, 3.63) is 58.6 Å². The molecule has 0 radical (unpaired) electrons. The van der Waals surface area contributed by atoms with Gasteiger partial charge in [-0.3, -0.25) is 4.79 Å². The quantitative estimate of drug-likeness (QED) is 0.721. The Morgan fingerprint density at radius 3 is 2.41 bits per heavy atom. The van der Waals surface area contributed by atoms with Gasteiger partial charge in [0.05, 0.1) is 0 Å². The minimum Gasteiger partial charge on any atom is -0.374 e. The number of aryl methyl sites for hydroxylation is 1. The number of likely N-dealkylation sites (N-methyl/N-ethyl adjacent to an activating group) is 1. The highest BCUT2D eigenvalue weighted by atomic mass is 35.5. The molecule has 2 aromatic rings. The van der Waals surface area contributed by atoms with Gasteiger partial charge in [0.1, 0.15) is 6.04 Å². The van der Waals surface area contributed by atoms with E-state index in [4.69, 9.17) is 11.6 Å². The first-order valence-corrected chi connectivity index (χ1v) is 10.7. The number of nitrogens with one attached hydrogen (secondary N) is 2. The van der Waals surface area contributed by atoms with Gasteiger partial charge in [-0.2, -0.15) is 0 Å². The molecule has 29 heavy (non-hydrogen) atoms. The van der Waals surface area contributed by atoms with Crippen LogP contribution in [0.3, 0.4) is 0 Å². The molecule has 6 heteroatoms. The van der Waals surface area contributed by atoms with Crippen LogP contribution in [0, 0.1) is 6.92 Å². The maximum atomic E-state index is 12.5. The predicted molar refractivity (Wildman–Crippen MR) is 122 cm³/mol. The lowest BCUT2D eigenvalue weighted by molar-refractivity contribution is -0.121. The number of carbonyl (C=O) groups is 1. The number of piperazine rings is 1. The van der Waals surface area contributed by atoms with Crippen LogP contribution in [-0.4, -0.2) is 49.6 Å². The van der Waals surface area contributed by atoms with Crippen molar-refractivity contribution in [2.24, 2.45) is 0 Å². The van der Waals surface area contributed by atoms with Crippen LogP contribution in [0.5, 0.6) is 0 Å². The van der Waals surface area contributed by atoms with Crippen molar-refractivity contribution in [1.82, 2.24) is 10.2 Å². The van der Waals surface area contributed by atoms with Crippen LogP contribution in [0.2, 0.25) is 5.02 Å². The maximum Gasteiger partial charge on any atom is 0.242 e. The third-order valence-electron chi connectivity index (χ3n) is 5.54. The Labute approximate surface area is 179 Å². The van der Waals surface area contributed by atoms with Gasteiger partial charge in [-0.15, -0.1) is 0 Å². The molecule has 0 unspecified atom stereocenters. The van der Waals surface area contributed by atoms with E-state index in [-0.39, 0.29) is 11.9 Å². The number of rotatable bonds is 7. The molecule has 1 saturated heterocycles. The highest BCUT2D eigenvalue weighted by molar-refractivity contribution is 6.30. The molecule has 1 aliphatic heterocycles. The number of carbonyl (C=O) groups excluding carboxylic acids is 1. The number of nitrogens with zero attached hydrogens (tertiary/aromatic N) is 2. The third-order valence-corrected chi connectivity index (χ3v) is 5.79. The maximum absolute atomic E-state index is 12.5. The lowest BCUT2D eigenvalue weighted by Gasteiger charge is -2.35. The lowest BCUT2D eigenvalue weighted by Crippen LogP contribution is -2.46. The normalized spacial score (nSPS) is 15.8. The Balaban J connectivity index is 1.53. The Morgan fingerprint density at radius 2 is 1.79 bits per heavy atom. The SMILES string of the molecule is CCN1CCN(c2ccc(N[C@@H](C)C(=O)NCc3ccc(Cl)cc3)c(C)c2)CC1. The Bertz CT molecular complexity index is 816. The van der Waals surface area contributed by atoms with Gasteiger partial charge in [0, 0.05) is 49.1 Å². The molecule has 1 fully saturated rings. The molecule has 0 aromatic heterocycles. The molecule has 0 spiro atoms. The highest BCUT2D eigenvalue weighted by Crippen LogP contribution is 2.24. The second kappa shape index (κ2) is 9.99. The molecule has 0 bridgehead atoms. The van der Waals surface area contributed by atoms with E-state index in [0.717, 1.165) is 49.5 Å². The zero-order valence-electron chi connectivity index (χ0n) is 17.5. The van der Waals surface area contributed by atoms with E-state index in [9.17, 15) is 4.79 Å². The number of hydrogen-bond donors (Lipinski definition) is 2. The largest absolute Gasteiger partial charge is 0.374 e. The molecule has 1 atom stereocenters. The van der Waals surface area contributed by atoms with Crippen molar-refractivity contribution < 1.29 is 4.79 Å². The number of anilines is 2. The molecular formula is C23H31ClN4O. The van der Waals surface area contributed by atoms with Gasteiger partial charge in [-0.25, -0.2) is 0 Å². The van der Waals surface area contributed by atoms with Crippen LogP contribution < -0.4 is 15.5 Å².